The summed E-state index contributed by atoms with van der Waals surface area (Å²) in [6.07, 6.45) is 5.49. The van der Waals surface area contributed by atoms with Crippen molar-refractivity contribution in [2.24, 2.45) is 0 Å². The van der Waals surface area contributed by atoms with Gasteiger partial charge in [0.25, 0.3) is 0 Å². The minimum atomic E-state index is 0.985. The third-order valence-electron chi connectivity index (χ3n) is 3.91. The number of hydrogen-bond acceptors (Lipinski definition) is 0. The van der Waals surface area contributed by atoms with Crippen LogP contribution < -0.4 is 0 Å². The van der Waals surface area contributed by atoms with Crippen molar-refractivity contribution in [3.63, 3.8) is 0 Å². The first-order valence-electron chi connectivity index (χ1n) is 7.49. The summed E-state index contributed by atoms with van der Waals surface area (Å²) in [6, 6.07) is 17.1. The highest BCUT2D eigenvalue weighted by Crippen LogP contribution is 2.29. The van der Waals surface area contributed by atoms with Gasteiger partial charge >= 0.3 is 0 Å². The quantitative estimate of drug-likeness (QED) is 0.639. The van der Waals surface area contributed by atoms with Gasteiger partial charge in [-0.2, -0.15) is 0 Å². The maximum Gasteiger partial charge on any atom is 0.0822 e. The van der Waals surface area contributed by atoms with E-state index in [0.29, 0.717) is 0 Å². The Morgan fingerprint density at radius 1 is 0.905 bits per heavy atom. The van der Waals surface area contributed by atoms with E-state index in [4.69, 9.17) is 0 Å². The third-order valence-corrected chi connectivity index (χ3v) is 3.91. The summed E-state index contributed by atoms with van der Waals surface area (Å²) in [5.74, 6) is 0. The van der Waals surface area contributed by atoms with E-state index in [2.05, 4.69) is 86.5 Å². The van der Waals surface area contributed by atoms with Crippen LogP contribution in [0.15, 0.2) is 60.9 Å². The first-order valence-corrected chi connectivity index (χ1v) is 7.49. The molecule has 2 nitrogen and oxygen atoms in total. The van der Waals surface area contributed by atoms with E-state index in [1.54, 1.807) is 0 Å². The molecule has 3 rings (SSSR count). The molecule has 0 saturated carbocycles. The second kappa shape index (κ2) is 5.38. The molecular weight excluding hydrogens is 256 g/mol. The largest absolute Gasteiger partial charge is 0.331 e. The van der Waals surface area contributed by atoms with Crippen LogP contribution in [0.25, 0.3) is 16.6 Å². The van der Waals surface area contributed by atoms with Crippen LogP contribution in [0.4, 0.5) is 0 Å². The van der Waals surface area contributed by atoms with Gasteiger partial charge in [0, 0.05) is 29.9 Å². The highest BCUT2D eigenvalue weighted by molar-refractivity contribution is 5.76. The molecule has 2 heteroatoms. The van der Waals surface area contributed by atoms with E-state index in [1.165, 1.54) is 22.2 Å². The lowest BCUT2D eigenvalue weighted by molar-refractivity contribution is -0.870. The van der Waals surface area contributed by atoms with E-state index >= 15 is 0 Å². The van der Waals surface area contributed by atoms with Crippen LogP contribution in [0.3, 0.4) is 0 Å². The van der Waals surface area contributed by atoms with Gasteiger partial charge in [-0.05, 0) is 23.3 Å². The van der Waals surface area contributed by atoms with Crippen LogP contribution in [0.1, 0.15) is 5.56 Å². The number of pyridine rings is 1. The molecule has 2 aromatic heterocycles. The molecule has 0 unspecified atom stereocenters. The van der Waals surface area contributed by atoms with E-state index in [0.717, 1.165) is 17.4 Å². The van der Waals surface area contributed by atoms with Gasteiger partial charge < -0.3 is 8.88 Å². The predicted octanol–water partition coefficient (Wildman–Crippen LogP) is 3.86. The van der Waals surface area contributed by atoms with Crippen LogP contribution >= 0.6 is 0 Å². The van der Waals surface area contributed by atoms with Crippen molar-refractivity contribution < 1.29 is 4.48 Å². The van der Waals surface area contributed by atoms with Crippen molar-refractivity contribution in [3.8, 4) is 11.1 Å². The molecule has 0 spiro atoms. The molecule has 0 fully saturated rings. The van der Waals surface area contributed by atoms with Gasteiger partial charge in [-0.25, -0.2) is 0 Å². The topological polar surface area (TPSA) is 4.41 Å². The lowest BCUT2D eigenvalue weighted by Crippen LogP contribution is -2.36. The molecule has 0 aliphatic carbocycles. The third kappa shape index (κ3) is 3.01. The van der Waals surface area contributed by atoms with E-state index < -0.39 is 0 Å². The van der Waals surface area contributed by atoms with Gasteiger partial charge in [-0.1, -0.05) is 36.4 Å². The van der Waals surface area contributed by atoms with E-state index in [-0.39, 0.29) is 0 Å². The van der Waals surface area contributed by atoms with Gasteiger partial charge in [-0.15, -0.1) is 0 Å². The Kier molecular flexibility index (Phi) is 3.56. The van der Waals surface area contributed by atoms with Gasteiger partial charge in [0.15, 0.2) is 0 Å². The standard InChI is InChI=1S/C19H23N2/c1-21(2,3)14-12-17-18(16-9-5-4-6-10-16)15-20-13-8-7-11-19(17)20/h4-11,13,15H,12,14H2,1-3H3/q+1. The molecule has 21 heavy (non-hydrogen) atoms. The number of fused-ring (bicyclic) bond motifs is 1. The minimum absolute atomic E-state index is 0.985. The molecule has 0 bridgehead atoms. The zero-order valence-corrected chi connectivity index (χ0v) is 13.1. The molecule has 0 amide bonds. The Morgan fingerprint density at radius 3 is 2.33 bits per heavy atom. The van der Waals surface area contributed by atoms with Crippen LogP contribution in [-0.4, -0.2) is 36.6 Å². The summed E-state index contributed by atoms with van der Waals surface area (Å²) in [6.45, 7) is 1.13. The monoisotopic (exact) mass is 279 g/mol. The lowest BCUT2D eigenvalue weighted by atomic mass is 10.0. The lowest BCUT2D eigenvalue weighted by Gasteiger charge is -2.24. The van der Waals surface area contributed by atoms with Crippen molar-refractivity contribution >= 4 is 5.52 Å². The first kappa shape index (κ1) is 13.9. The molecular formula is C19H23N2+. The summed E-state index contributed by atoms with van der Waals surface area (Å²) in [5.41, 5.74) is 5.44. The van der Waals surface area contributed by atoms with Crippen molar-refractivity contribution in [1.82, 2.24) is 4.40 Å². The van der Waals surface area contributed by atoms with Crippen LogP contribution in [0.2, 0.25) is 0 Å². The van der Waals surface area contributed by atoms with Crippen LogP contribution in [0.5, 0.6) is 0 Å². The maximum atomic E-state index is 2.26. The Hall–Kier alpha value is -2.06. The number of nitrogens with zero attached hydrogens (tertiary/aromatic N) is 2. The first-order chi connectivity index (χ1) is 10.0. The number of benzene rings is 1. The highest BCUT2D eigenvalue weighted by Gasteiger charge is 2.15. The van der Waals surface area contributed by atoms with Gasteiger partial charge in [0.05, 0.1) is 27.7 Å². The fourth-order valence-corrected chi connectivity index (χ4v) is 2.76. The van der Waals surface area contributed by atoms with Crippen molar-refractivity contribution in [3.05, 3.63) is 66.5 Å². The van der Waals surface area contributed by atoms with E-state index in [9.17, 15) is 0 Å². The van der Waals surface area contributed by atoms with Crippen molar-refractivity contribution in [1.29, 1.82) is 0 Å². The Balaban J connectivity index is 2.10. The van der Waals surface area contributed by atoms with Gasteiger partial charge in [0.2, 0.25) is 0 Å². The van der Waals surface area contributed by atoms with Gasteiger partial charge in [0.1, 0.15) is 0 Å². The summed E-state index contributed by atoms with van der Waals surface area (Å²) < 4.78 is 3.23. The SMILES string of the molecule is C[N+](C)(C)CCc1c(-c2ccccc2)cn2ccccc12. The number of aromatic nitrogens is 1. The molecule has 0 atom stereocenters. The second-order valence-corrected chi connectivity index (χ2v) is 6.64. The Morgan fingerprint density at radius 2 is 1.62 bits per heavy atom. The summed E-state index contributed by atoms with van der Waals surface area (Å²) in [5, 5.41) is 0. The average molecular weight is 279 g/mol. The second-order valence-electron chi connectivity index (χ2n) is 6.64. The minimum Gasteiger partial charge on any atom is -0.331 e. The summed E-state index contributed by atoms with van der Waals surface area (Å²) in [7, 11) is 6.75. The number of hydrogen-bond donors (Lipinski definition) is 0. The maximum absolute atomic E-state index is 2.26. The summed E-state index contributed by atoms with van der Waals surface area (Å²) >= 11 is 0. The van der Waals surface area contributed by atoms with Crippen LogP contribution in [-0.2, 0) is 6.42 Å². The molecule has 108 valence electrons. The Bertz CT molecular complexity index is 733. The molecule has 0 aliphatic heterocycles. The Labute approximate surface area is 126 Å². The van der Waals surface area contributed by atoms with Crippen LogP contribution in [0, 0.1) is 0 Å². The average Bonchev–Trinajstić information content (AvgIpc) is 2.84. The molecule has 0 N–H and O–H groups in total. The van der Waals surface area contributed by atoms with Crippen molar-refractivity contribution in [2.45, 2.75) is 6.42 Å². The molecule has 0 aliphatic rings. The fraction of sp³-hybridized carbons (Fsp3) is 0.263. The summed E-state index contributed by atoms with van der Waals surface area (Å²) in [4.78, 5) is 0. The zero-order valence-electron chi connectivity index (χ0n) is 13.1. The van der Waals surface area contributed by atoms with Gasteiger partial charge in [-0.3, -0.25) is 0 Å². The highest BCUT2D eigenvalue weighted by atomic mass is 15.3. The molecule has 0 saturated heterocycles. The zero-order chi connectivity index (χ0) is 14.9. The number of rotatable bonds is 4. The molecule has 3 aromatic rings. The van der Waals surface area contributed by atoms with E-state index in [1.807, 2.05) is 0 Å². The number of likely N-dealkylation sites (N-methyl/N-ethyl adjacent to an activating group) is 1. The molecule has 2 heterocycles. The fourth-order valence-electron chi connectivity index (χ4n) is 2.76. The predicted molar refractivity (Wildman–Crippen MR) is 89.4 cm³/mol. The number of quaternary nitrogens is 1. The normalized spacial score (nSPS) is 12.0. The smallest absolute Gasteiger partial charge is 0.0822 e. The molecule has 1 aromatic carbocycles. The van der Waals surface area contributed by atoms with Crippen molar-refractivity contribution in [2.75, 3.05) is 27.7 Å². The molecule has 0 radical (unpaired) electrons.